The van der Waals surface area contributed by atoms with E-state index in [1.54, 1.807) is 18.2 Å². The van der Waals surface area contributed by atoms with Gasteiger partial charge in [-0.1, -0.05) is 28.1 Å². The van der Waals surface area contributed by atoms with Crippen molar-refractivity contribution < 1.29 is 15.0 Å². The number of halogens is 1. The smallest absolute Gasteiger partial charge is 0.255 e. The molecule has 0 bridgehead atoms. The van der Waals surface area contributed by atoms with E-state index in [9.17, 15) is 15.0 Å². The average Bonchev–Trinajstić information content (AvgIpc) is 2.37. The van der Waals surface area contributed by atoms with Gasteiger partial charge in [0.15, 0.2) is 0 Å². The van der Waals surface area contributed by atoms with Crippen LogP contribution in [0.1, 0.15) is 15.9 Å². The lowest BCUT2D eigenvalue weighted by Gasteiger charge is -2.11. The van der Waals surface area contributed by atoms with Gasteiger partial charge in [0.1, 0.15) is 16.5 Å². The molecule has 1 amide bonds. The normalized spacial score (nSPS) is 10.1. The van der Waals surface area contributed by atoms with Crippen molar-refractivity contribution in [3.63, 3.8) is 0 Å². The fourth-order valence-electron chi connectivity index (χ4n) is 1.76. The molecule has 0 radical (unpaired) electrons. The second-order valence-corrected chi connectivity index (χ2v) is 5.60. The van der Waals surface area contributed by atoms with Crippen molar-refractivity contribution in [2.75, 3.05) is 5.32 Å². The highest BCUT2D eigenvalue weighted by Crippen LogP contribution is 2.24. The lowest BCUT2D eigenvalue weighted by Crippen LogP contribution is -2.17. The molecule has 21 heavy (non-hydrogen) atoms. The standard InChI is InChI=1S/C14H11BrN2O3S/c15-8-1-2-11(13(16)21)12(5-8)17-14(20)7-3-9(18)6-10(19)4-7/h1-6,18-19H,(H2,16,21)(H,17,20). The molecule has 0 heterocycles. The van der Waals surface area contributed by atoms with Gasteiger partial charge in [0.05, 0.1) is 5.69 Å². The van der Waals surface area contributed by atoms with E-state index >= 15 is 0 Å². The third kappa shape index (κ3) is 3.71. The van der Waals surface area contributed by atoms with Gasteiger partial charge >= 0.3 is 0 Å². The number of hydrogen-bond donors (Lipinski definition) is 4. The van der Waals surface area contributed by atoms with Crippen LogP contribution in [0.4, 0.5) is 5.69 Å². The molecule has 2 rings (SSSR count). The molecule has 0 aliphatic carbocycles. The highest BCUT2D eigenvalue weighted by molar-refractivity contribution is 9.10. The van der Waals surface area contributed by atoms with Crippen LogP contribution in [0.25, 0.3) is 0 Å². The molecule has 0 atom stereocenters. The largest absolute Gasteiger partial charge is 0.508 e. The number of nitrogens with one attached hydrogen (secondary N) is 1. The molecule has 0 aliphatic rings. The van der Waals surface area contributed by atoms with Crippen LogP contribution in [0.15, 0.2) is 40.9 Å². The summed E-state index contributed by atoms with van der Waals surface area (Å²) in [7, 11) is 0. The maximum Gasteiger partial charge on any atom is 0.255 e. The van der Waals surface area contributed by atoms with Gasteiger partial charge in [-0.2, -0.15) is 0 Å². The van der Waals surface area contributed by atoms with Gasteiger partial charge in [0, 0.05) is 21.7 Å². The van der Waals surface area contributed by atoms with Crippen molar-refractivity contribution in [1.29, 1.82) is 0 Å². The van der Waals surface area contributed by atoms with E-state index in [2.05, 4.69) is 21.2 Å². The Kier molecular flexibility index (Phi) is 4.44. The zero-order chi connectivity index (χ0) is 15.6. The van der Waals surface area contributed by atoms with Crippen LogP contribution in [-0.2, 0) is 0 Å². The third-order valence-corrected chi connectivity index (χ3v) is 3.37. The Morgan fingerprint density at radius 3 is 2.33 bits per heavy atom. The van der Waals surface area contributed by atoms with Crippen molar-refractivity contribution in [3.05, 3.63) is 52.0 Å². The number of thiocarbonyl (C=S) groups is 1. The summed E-state index contributed by atoms with van der Waals surface area (Å²) in [4.78, 5) is 12.3. The van der Waals surface area contributed by atoms with Crippen molar-refractivity contribution in [2.24, 2.45) is 5.73 Å². The summed E-state index contributed by atoms with van der Waals surface area (Å²) in [5.74, 6) is -0.912. The van der Waals surface area contributed by atoms with Gasteiger partial charge in [-0.05, 0) is 30.3 Å². The third-order valence-electron chi connectivity index (χ3n) is 2.66. The lowest BCUT2D eigenvalue weighted by atomic mass is 10.1. The number of phenols is 2. The van der Waals surface area contributed by atoms with Gasteiger partial charge in [-0.3, -0.25) is 4.79 Å². The fourth-order valence-corrected chi connectivity index (χ4v) is 2.29. The maximum atomic E-state index is 12.2. The first-order valence-corrected chi connectivity index (χ1v) is 7.00. The molecule has 0 unspecified atom stereocenters. The zero-order valence-electron chi connectivity index (χ0n) is 10.6. The Morgan fingerprint density at radius 2 is 1.76 bits per heavy atom. The number of carbonyl (C=O) groups is 1. The summed E-state index contributed by atoms with van der Waals surface area (Å²) in [6.45, 7) is 0. The van der Waals surface area contributed by atoms with Gasteiger partial charge in [-0.25, -0.2) is 0 Å². The van der Waals surface area contributed by atoms with Crippen LogP contribution in [-0.4, -0.2) is 21.1 Å². The van der Waals surface area contributed by atoms with Crippen LogP contribution in [0, 0.1) is 0 Å². The first kappa shape index (κ1) is 15.3. The lowest BCUT2D eigenvalue weighted by molar-refractivity contribution is 0.102. The van der Waals surface area contributed by atoms with Crippen molar-refractivity contribution in [3.8, 4) is 11.5 Å². The van der Waals surface area contributed by atoms with E-state index in [1.807, 2.05) is 0 Å². The average molecular weight is 367 g/mol. The molecule has 0 aromatic heterocycles. The van der Waals surface area contributed by atoms with Gasteiger partial charge in [0.25, 0.3) is 5.91 Å². The Hall–Kier alpha value is -2.12. The molecular weight excluding hydrogens is 356 g/mol. The highest BCUT2D eigenvalue weighted by Gasteiger charge is 2.13. The van der Waals surface area contributed by atoms with Crippen LogP contribution >= 0.6 is 28.1 Å². The Bertz CT molecular complexity index is 714. The quantitative estimate of drug-likeness (QED) is 0.626. The molecule has 5 N–H and O–H groups in total. The van der Waals surface area contributed by atoms with Crippen LogP contribution < -0.4 is 11.1 Å². The molecule has 108 valence electrons. The summed E-state index contributed by atoms with van der Waals surface area (Å²) in [6, 6.07) is 8.72. The molecule has 2 aromatic carbocycles. The number of hydrogen-bond acceptors (Lipinski definition) is 4. The first-order valence-electron chi connectivity index (χ1n) is 5.80. The molecule has 0 saturated carbocycles. The number of amides is 1. The van der Waals surface area contributed by atoms with E-state index in [-0.39, 0.29) is 22.1 Å². The van der Waals surface area contributed by atoms with Crippen LogP contribution in [0.3, 0.4) is 0 Å². The van der Waals surface area contributed by atoms with Crippen molar-refractivity contribution >= 4 is 44.7 Å². The number of carbonyl (C=O) groups excluding carboxylic acids is 1. The summed E-state index contributed by atoms with van der Waals surface area (Å²) in [6.07, 6.45) is 0. The number of benzene rings is 2. The molecule has 0 saturated heterocycles. The molecule has 5 nitrogen and oxygen atoms in total. The minimum atomic E-state index is -0.503. The van der Waals surface area contributed by atoms with Gasteiger partial charge in [0.2, 0.25) is 0 Å². The Morgan fingerprint density at radius 1 is 1.14 bits per heavy atom. The molecular formula is C14H11BrN2O3S. The molecule has 2 aromatic rings. The second-order valence-electron chi connectivity index (χ2n) is 4.25. The van der Waals surface area contributed by atoms with E-state index in [0.29, 0.717) is 11.3 Å². The molecule has 0 fully saturated rings. The number of rotatable bonds is 3. The number of aromatic hydroxyl groups is 2. The Labute approximate surface area is 134 Å². The molecule has 0 spiro atoms. The number of nitrogens with two attached hydrogens (primary N) is 1. The predicted octanol–water partition coefficient (Wildman–Crippen LogP) is 2.75. The second kappa shape index (κ2) is 6.11. The summed E-state index contributed by atoms with van der Waals surface area (Å²) < 4.78 is 0.747. The number of anilines is 1. The SMILES string of the molecule is NC(=S)c1ccc(Br)cc1NC(=O)c1cc(O)cc(O)c1. The maximum absolute atomic E-state index is 12.2. The monoisotopic (exact) mass is 366 g/mol. The topological polar surface area (TPSA) is 95.6 Å². The van der Waals surface area contributed by atoms with Crippen LogP contribution in [0.5, 0.6) is 11.5 Å². The van der Waals surface area contributed by atoms with E-state index < -0.39 is 5.91 Å². The first-order chi connectivity index (χ1) is 9.86. The van der Waals surface area contributed by atoms with E-state index in [1.165, 1.54) is 12.1 Å². The number of phenolic OH excluding ortho intramolecular Hbond substituents is 2. The molecule has 0 aliphatic heterocycles. The van der Waals surface area contributed by atoms with Crippen molar-refractivity contribution in [2.45, 2.75) is 0 Å². The highest BCUT2D eigenvalue weighted by atomic mass is 79.9. The minimum absolute atomic E-state index is 0.112. The summed E-state index contributed by atoms with van der Waals surface area (Å²) in [5.41, 5.74) is 6.68. The van der Waals surface area contributed by atoms with Gasteiger partial charge in [-0.15, -0.1) is 0 Å². The minimum Gasteiger partial charge on any atom is -0.508 e. The summed E-state index contributed by atoms with van der Waals surface area (Å²) >= 11 is 8.23. The summed E-state index contributed by atoms with van der Waals surface area (Å²) in [5, 5.41) is 21.5. The van der Waals surface area contributed by atoms with Crippen LogP contribution in [0.2, 0.25) is 0 Å². The Balaban J connectivity index is 2.35. The fraction of sp³-hybridized carbons (Fsp3) is 0. The zero-order valence-corrected chi connectivity index (χ0v) is 13.0. The predicted molar refractivity (Wildman–Crippen MR) is 87.8 cm³/mol. The van der Waals surface area contributed by atoms with E-state index in [4.69, 9.17) is 18.0 Å². The van der Waals surface area contributed by atoms with Gasteiger partial charge < -0.3 is 21.3 Å². The molecule has 7 heteroatoms. The van der Waals surface area contributed by atoms with Crippen molar-refractivity contribution in [1.82, 2.24) is 0 Å². The van der Waals surface area contributed by atoms with E-state index in [0.717, 1.165) is 10.5 Å².